The van der Waals surface area contributed by atoms with Gasteiger partial charge in [-0.2, -0.15) is 13.2 Å². The van der Waals surface area contributed by atoms with Gasteiger partial charge < -0.3 is 4.74 Å². The summed E-state index contributed by atoms with van der Waals surface area (Å²) in [5.74, 6) is 0.365. The number of benzene rings is 1. The van der Waals surface area contributed by atoms with Gasteiger partial charge in [0.1, 0.15) is 5.75 Å². The summed E-state index contributed by atoms with van der Waals surface area (Å²) in [6.07, 6.45) is -3.78. The third-order valence-corrected chi connectivity index (χ3v) is 2.22. The van der Waals surface area contributed by atoms with E-state index >= 15 is 0 Å². The molecule has 100 valence electrons. The first-order valence-corrected chi connectivity index (χ1v) is 5.28. The zero-order valence-electron chi connectivity index (χ0n) is 9.78. The van der Waals surface area contributed by atoms with E-state index in [4.69, 9.17) is 4.74 Å². The molecule has 0 atom stereocenters. The summed E-state index contributed by atoms with van der Waals surface area (Å²) in [5, 5.41) is 3.89. The summed E-state index contributed by atoms with van der Waals surface area (Å²) in [6, 6.07) is 4.47. The lowest BCUT2D eigenvalue weighted by Crippen LogP contribution is -2.14. The molecular weight excluding hydrogens is 249 g/mol. The maximum Gasteiger partial charge on any atom is 0.416 e. The van der Waals surface area contributed by atoms with E-state index < -0.39 is 11.7 Å². The van der Waals surface area contributed by atoms with E-state index in [1.807, 2.05) is 0 Å². The number of halogens is 3. The number of alkyl halides is 3. The second-order valence-corrected chi connectivity index (χ2v) is 3.69. The van der Waals surface area contributed by atoms with Crippen molar-refractivity contribution in [3.8, 4) is 5.75 Å². The molecule has 18 heavy (non-hydrogen) atoms. The van der Waals surface area contributed by atoms with Crippen molar-refractivity contribution in [2.75, 3.05) is 20.2 Å². The molecule has 0 radical (unpaired) electrons. The van der Waals surface area contributed by atoms with Gasteiger partial charge in [-0.1, -0.05) is 0 Å². The molecule has 7 heteroatoms. The van der Waals surface area contributed by atoms with Gasteiger partial charge in [-0.05, 0) is 24.3 Å². The predicted octanol–water partition coefficient (Wildman–Crippen LogP) is 3.09. The van der Waals surface area contributed by atoms with Gasteiger partial charge in [-0.25, -0.2) is 0 Å². The van der Waals surface area contributed by atoms with Gasteiger partial charge in [-0.15, -0.1) is 4.91 Å². The zero-order valence-corrected chi connectivity index (χ0v) is 9.78. The summed E-state index contributed by atoms with van der Waals surface area (Å²) in [7, 11) is 1.53. The number of rotatable bonds is 6. The van der Waals surface area contributed by atoms with Crippen molar-refractivity contribution in [2.45, 2.75) is 12.6 Å². The Balaban J connectivity index is 2.38. The first-order chi connectivity index (χ1) is 8.43. The van der Waals surface area contributed by atoms with Crippen LogP contribution in [0.25, 0.3) is 0 Å². The molecule has 0 unspecified atom stereocenters. The second kappa shape index (κ2) is 6.23. The predicted molar refractivity (Wildman–Crippen MR) is 60.0 cm³/mol. The molecule has 0 N–H and O–H groups in total. The molecule has 0 fully saturated rings. The second-order valence-electron chi connectivity index (χ2n) is 3.69. The maximum atomic E-state index is 12.3. The lowest BCUT2D eigenvalue weighted by Gasteiger charge is -2.10. The lowest BCUT2D eigenvalue weighted by molar-refractivity contribution is -0.137. The fraction of sp³-hybridized carbons (Fsp3) is 0.455. The van der Waals surface area contributed by atoms with Crippen molar-refractivity contribution >= 4 is 0 Å². The van der Waals surface area contributed by atoms with Crippen LogP contribution in [0, 0.1) is 4.91 Å². The molecule has 0 aliphatic rings. The third kappa shape index (κ3) is 4.60. The van der Waals surface area contributed by atoms with E-state index in [1.165, 1.54) is 24.2 Å². The Kier molecular flexibility index (Phi) is 4.94. The van der Waals surface area contributed by atoms with Crippen LogP contribution in [-0.2, 0) is 6.18 Å². The fourth-order valence-electron chi connectivity index (χ4n) is 1.26. The topological polar surface area (TPSA) is 41.9 Å². The van der Waals surface area contributed by atoms with Crippen LogP contribution in [0.5, 0.6) is 5.75 Å². The van der Waals surface area contributed by atoms with E-state index in [0.717, 1.165) is 12.1 Å². The molecule has 1 rings (SSSR count). The van der Waals surface area contributed by atoms with Crippen molar-refractivity contribution < 1.29 is 17.9 Å². The molecule has 0 saturated carbocycles. The van der Waals surface area contributed by atoms with Gasteiger partial charge in [0.25, 0.3) is 0 Å². The highest BCUT2D eigenvalue weighted by Gasteiger charge is 2.29. The molecule has 0 heterocycles. The van der Waals surface area contributed by atoms with Crippen LogP contribution < -0.4 is 4.74 Å². The number of hydrogen-bond acceptors (Lipinski definition) is 3. The summed E-state index contributed by atoms with van der Waals surface area (Å²) in [6.45, 7) is 0.745. The number of nitroso groups, excluding NO2 is 1. The highest BCUT2D eigenvalue weighted by molar-refractivity contribution is 5.28. The van der Waals surface area contributed by atoms with E-state index in [2.05, 4.69) is 5.29 Å². The van der Waals surface area contributed by atoms with Crippen LogP contribution in [0.4, 0.5) is 13.2 Å². The smallest absolute Gasteiger partial charge is 0.416 e. The highest BCUT2D eigenvalue weighted by atomic mass is 19.4. The lowest BCUT2D eigenvalue weighted by atomic mass is 10.2. The standard InChI is InChI=1S/C11H13F3N2O2/c1-16(15-17)7-2-8-18-10-5-3-9(4-6-10)11(12,13)14/h3-6H,2,7-8H2,1H3. The quantitative estimate of drug-likeness (QED) is 0.449. The normalized spacial score (nSPS) is 11.1. The molecule has 0 bridgehead atoms. The summed E-state index contributed by atoms with van der Waals surface area (Å²) in [5.41, 5.74) is -0.709. The van der Waals surface area contributed by atoms with Crippen LogP contribution in [0.1, 0.15) is 12.0 Å². The Morgan fingerprint density at radius 3 is 2.39 bits per heavy atom. The number of hydrogen-bond donors (Lipinski definition) is 0. The molecule has 0 aromatic heterocycles. The van der Waals surface area contributed by atoms with Crippen LogP contribution in [-0.4, -0.2) is 25.2 Å². The summed E-state index contributed by atoms with van der Waals surface area (Å²) < 4.78 is 42.0. The van der Waals surface area contributed by atoms with E-state index in [0.29, 0.717) is 25.3 Å². The molecule has 0 aliphatic carbocycles. The Morgan fingerprint density at radius 2 is 1.89 bits per heavy atom. The Hall–Kier alpha value is -1.79. The Labute approximate surface area is 102 Å². The van der Waals surface area contributed by atoms with Gasteiger partial charge in [-0.3, -0.25) is 5.01 Å². The van der Waals surface area contributed by atoms with Crippen LogP contribution in [0.15, 0.2) is 29.6 Å². The minimum absolute atomic E-state index is 0.311. The molecule has 0 aliphatic heterocycles. The van der Waals surface area contributed by atoms with Gasteiger partial charge in [0, 0.05) is 20.0 Å². The van der Waals surface area contributed by atoms with E-state index in [-0.39, 0.29) is 0 Å². The van der Waals surface area contributed by atoms with Crippen LogP contribution in [0.3, 0.4) is 0 Å². The van der Waals surface area contributed by atoms with E-state index in [9.17, 15) is 18.1 Å². The molecule has 4 nitrogen and oxygen atoms in total. The third-order valence-electron chi connectivity index (χ3n) is 2.22. The Morgan fingerprint density at radius 1 is 1.28 bits per heavy atom. The van der Waals surface area contributed by atoms with Crippen molar-refractivity contribution in [2.24, 2.45) is 5.29 Å². The largest absolute Gasteiger partial charge is 0.494 e. The summed E-state index contributed by atoms with van der Waals surface area (Å²) in [4.78, 5) is 10.0. The molecule has 0 amide bonds. The SMILES string of the molecule is CN(CCCOc1ccc(C(F)(F)F)cc1)N=O. The first-order valence-electron chi connectivity index (χ1n) is 5.28. The van der Waals surface area contributed by atoms with Crippen molar-refractivity contribution in [1.29, 1.82) is 0 Å². The van der Waals surface area contributed by atoms with Crippen molar-refractivity contribution in [1.82, 2.24) is 5.01 Å². The molecule has 1 aromatic carbocycles. The maximum absolute atomic E-state index is 12.3. The molecule has 0 saturated heterocycles. The first kappa shape index (κ1) is 14.3. The monoisotopic (exact) mass is 262 g/mol. The average Bonchev–Trinajstić information content (AvgIpc) is 2.33. The number of ether oxygens (including phenoxy) is 1. The fourth-order valence-corrected chi connectivity index (χ4v) is 1.26. The van der Waals surface area contributed by atoms with Gasteiger partial charge in [0.2, 0.25) is 0 Å². The van der Waals surface area contributed by atoms with Crippen LogP contribution in [0.2, 0.25) is 0 Å². The molecule has 0 spiro atoms. The van der Waals surface area contributed by atoms with Gasteiger partial charge in [0.15, 0.2) is 0 Å². The van der Waals surface area contributed by atoms with Gasteiger partial charge in [0.05, 0.1) is 17.5 Å². The molecular formula is C11H13F3N2O2. The van der Waals surface area contributed by atoms with Crippen LogP contribution >= 0.6 is 0 Å². The van der Waals surface area contributed by atoms with Crippen molar-refractivity contribution in [3.63, 3.8) is 0 Å². The minimum atomic E-state index is -4.34. The zero-order chi connectivity index (χ0) is 13.6. The Bertz CT molecular complexity index is 379. The van der Waals surface area contributed by atoms with Crippen molar-refractivity contribution in [3.05, 3.63) is 34.7 Å². The minimum Gasteiger partial charge on any atom is -0.494 e. The highest BCUT2D eigenvalue weighted by Crippen LogP contribution is 2.30. The summed E-state index contributed by atoms with van der Waals surface area (Å²) >= 11 is 0. The number of nitrogens with zero attached hydrogens (tertiary/aromatic N) is 2. The van der Waals surface area contributed by atoms with E-state index in [1.54, 1.807) is 0 Å². The van der Waals surface area contributed by atoms with Gasteiger partial charge >= 0.3 is 6.18 Å². The average molecular weight is 262 g/mol. The molecule has 1 aromatic rings.